The van der Waals surface area contributed by atoms with Crippen LogP contribution >= 0.6 is 11.8 Å². The maximum absolute atomic E-state index is 11.6. The van der Waals surface area contributed by atoms with Gasteiger partial charge in [-0.15, -0.1) is 11.8 Å². The van der Waals surface area contributed by atoms with Crippen molar-refractivity contribution in [3.8, 4) is 0 Å². The molecule has 2 N–H and O–H groups in total. The Kier molecular flexibility index (Phi) is 5.48. The van der Waals surface area contributed by atoms with E-state index in [9.17, 15) is 4.79 Å². The van der Waals surface area contributed by atoms with Crippen molar-refractivity contribution in [3.63, 3.8) is 0 Å². The normalized spacial score (nSPS) is 15.4. The van der Waals surface area contributed by atoms with E-state index in [1.54, 1.807) is 17.2 Å². The summed E-state index contributed by atoms with van der Waals surface area (Å²) in [6, 6.07) is 10.4. The van der Waals surface area contributed by atoms with E-state index in [0.29, 0.717) is 0 Å². The van der Waals surface area contributed by atoms with Crippen LogP contribution in [0, 0.1) is 0 Å². The van der Waals surface area contributed by atoms with Crippen LogP contribution in [0.4, 0.5) is 0 Å². The number of amides is 1. The Morgan fingerprint density at radius 3 is 2.68 bits per heavy atom. The van der Waals surface area contributed by atoms with Crippen LogP contribution in [0.15, 0.2) is 40.8 Å². The number of carbonyl (C=O) groups is 1. The van der Waals surface area contributed by atoms with Crippen LogP contribution in [0.1, 0.15) is 31.2 Å². The van der Waals surface area contributed by atoms with Gasteiger partial charge in [-0.25, -0.2) is 5.48 Å². The standard InChI is InChI=1S/C15H19NO2S/c17-15(16-18)13-8-4-5-9-14(13)19-11-10-12-6-2-1-3-7-12/h1-3,6-7,18H,4-5,8-11H2,(H,16,17). The number of hydrogen-bond acceptors (Lipinski definition) is 3. The van der Waals surface area contributed by atoms with Gasteiger partial charge in [0.1, 0.15) is 0 Å². The van der Waals surface area contributed by atoms with Crippen molar-refractivity contribution in [1.82, 2.24) is 5.48 Å². The molecule has 1 aromatic carbocycles. The molecule has 0 spiro atoms. The first kappa shape index (κ1) is 14.2. The Hall–Kier alpha value is -1.26. The van der Waals surface area contributed by atoms with Crippen LogP contribution in [0.5, 0.6) is 0 Å². The number of hydrogen-bond donors (Lipinski definition) is 2. The average molecular weight is 277 g/mol. The minimum Gasteiger partial charge on any atom is -0.288 e. The molecular weight excluding hydrogens is 258 g/mol. The lowest BCUT2D eigenvalue weighted by molar-refractivity contribution is -0.125. The van der Waals surface area contributed by atoms with Gasteiger partial charge in [0.05, 0.1) is 0 Å². The van der Waals surface area contributed by atoms with Crippen molar-refractivity contribution in [2.45, 2.75) is 32.1 Å². The highest BCUT2D eigenvalue weighted by Crippen LogP contribution is 2.33. The number of allylic oxidation sites excluding steroid dienone is 1. The molecule has 1 amide bonds. The highest BCUT2D eigenvalue weighted by atomic mass is 32.2. The average Bonchev–Trinajstić information content (AvgIpc) is 2.48. The van der Waals surface area contributed by atoms with Gasteiger partial charge in [0.2, 0.25) is 0 Å². The molecule has 0 fully saturated rings. The number of aryl methyl sites for hydroxylation is 1. The zero-order chi connectivity index (χ0) is 13.5. The molecule has 0 unspecified atom stereocenters. The lowest BCUT2D eigenvalue weighted by atomic mass is 9.99. The van der Waals surface area contributed by atoms with Crippen LogP contribution < -0.4 is 5.48 Å². The summed E-state index contributed by atoms with van der Waals surface area (Å²) in [6.07, 6.45) is 4.91. The molecular formula is C15H19NO2S. The summed E-state index contributed by atoms with van der Waals surface area (Å²) in [5, 5.41) is 8.77. The number of benzene rings is 1. The molecule has 102 valence electrons. The third-order valence-electron chi connectivity index (χ3n) is 3.30. The van der Waals surface area contributed by atoms with Crippen LogP contribution in [0.3, 0.4) is 0 Å². The molecule has 0 atom stereocenters. The Morgan fingerprint density at radius 2 is 1.95 bits per heavy atom. The van der Waals surface area contributed by atoms with Gasteiger partial charge < -0.3 is 0 Å². The van der Waals surface area contributed by atoms with Crippen molar-refractivity contribution >= 4 is 17.7 Å². The highest BCUT2D eigenvalue weighted by molar-refractivity contribution is 8.03. The number of hydroxylamine groups is 1. The maximum atomic E-state index is 11.6. The summed E-state index contributed by atoms with van der Waals surface area (Å²) in [4.78, 5) is 12.7. The molecule has 0 bridgehead atoms. The summed E-state index contributed by atoms with van der Waals surface area (Å²) in [5.74, 6) is 0.642. The largest absolute Gasteiger partial charge is 0.288 e. The van der Waals surface area contributed by atoms with Gasteiger partial charge in [-0.3, -0.25) is 10.0 Å². The molecule has 0 saturated carbocycles. The number of carbonyl (C=O) groups excluding carboxylic acids is 1. The van der Waals surface area contributed by atoms with Gasteiger partial charge in [0, 0.05) is 11.3 Å². The molecule has 3 nitrogen and oxygen atoms in total. The first-order chi connectivity index (χ1) is 9.31. The minimum absolute atomic E-state index is 0.332. The highest BCUT2D eigenvalue weighted by Gasteiger charge is 2.18. The fraction of sp³-hybridized carbons (Fsp3) is 0.400. The molecule has 0 aliphatic heterocycles. The second-order valence-corrected chi connectivity index (χ2v) is 5.82. The van der Waals surface area contributed by atoms with E-state index in [1.165, 1.54) is 5.56 Å². The summed E-state index contributed by atoms with van der Waals surface area (Å²) in [7, 11) is 0. The summed E-state index contributed by atoms with van der Waals surface area (Å²) >= 11 is 1.75. The van der Waals surface area contributed by atoms with Gasteiger partial charge in [-0.05, 0) is 42.6 Å². The van der Waals surface area contributed by atoms with E-state index in [1.807, 2.05) is 18.2 Å². The van der Waals surface area contributed by atoms with E-state index in [0.717, 1.165) is 48.3 Å². The third-order valence-corrected chi connectivity index (χ3v) is 4.51. The number of thioether (sulfide) groups is 1. The first-order valence-electron chi connectivity index (χ1n) is 6.64. The molecule has 1 aromatic rings. The van der Waals surface area contributed by atoms with Crippen molar-refractivity contribution in [2.24, 2.45) is 0 Å². The predicted molar refractivity (Wildman–Crippen MR) is 78.0 cm³/mol. The SMILES string of the molecule is O=C(NO)C1=C(SCCc2ccccc2)CCCC1. The zero-order valence-corrected chi connectivity index (χ0v) is 11.7. The Labute approximate surface area is 118 Å². The van der Waals surface area contributed by atoms with Crippen molar-refractivity contribution in [2.75, 3.05) is 5.75 Å². The number of rotatable bonds is 5. The van der Waals surface area contributed by atoms with Gasteiger partial charge in [-0.1, -0.05) is 30.3 Å². The smallest absolute Gasteiger partial charge is 0.271 e. The zero-order valence-electron chi connectivity index (χ0n) is 10.9. The molecule has 1 aliphatic carbocycles. The Morgan fingerprint density at radius 1 is 1.21 bits per heavy atom. The number of nitrogens with one attached hydrogen (secondary N) is 1. The molecule has 0 saturated heterocycles. The van der Waals surface area contributed by atoms with Gasteiger partial charge >= 0.3 is 0 Å². The van der Waals surface area contributed by atoms with Gasteiger partial charge in [-0.2, -0.15) is 0 Å². The van der Waals surface area contributed by atoms with E-state index < -0.39 is 0 Å². The predicted octanol–water partition coefficient (Wildman–Crippen LogP) is 3.30. The van der Waals surface area contributed by atoms with Gasteiger partial charge in [0.25, 0.3) is 5.91 Å². The Balaban J connectivity index is 1.92. The van der Waals surface area contributed by atoms with E-state index in [4.69, 9.17) is 5.21 Å². The van der Waals surface area contributed by atoms with Crippen LogP contribution in [-0.4, -0.2) is 16.9 Å². The molecule has 2 rings (SSSR count). The van der Waals surface area contributed by atoms with Crippen molar-refractivity contribution in [1.29, 1.82) is 0 Å². The lowest BCUT2D eigenvalue weighted by Gasteiger charge is -2.18. The Bertz CT molecular complexity index is 456. The molecule has 0 aromatic heterocycles. The van der Waals surface area contributed by atoms with E-state index >= 15 is 0 Å². The van der Waals surface area contributed by atoms with Crippen LogP contribution in [-0.2, 0) is 11.2 Å². The summed E-state index contributed by atoms with van der Waals surface area (Å²) in [6.45, 7) is 0. The second-order valence-electron chi connectivity index (χ2n) is 4.63. The van der Waals surface area contributed by atoms with Crippen LogP contribution in [0.25, 0.3) is 0 Å². The van der Waals surface area contributed by atoms with Crippen molar-refractivity contribution in [3.05, 3.63) is 46.4 Å². The summed E-state index contributed by atoms with van der Waals surface area (Å²) in [5.41, 5.74) is 3.85. The third kappa shape index (κ3) is 4.11. The van der Waals surface area contributed by atoms with Crippen LogP contribution in [0.2, 0.25) is 0 Å². The fourth-order valence-electron chi connectivity index (χ4n) is 2.28. The van der Waals surface area contributed by atoms with Crippen molar-refractivity contribution < 1.29 is 10.0 Å². The second kappa shape index (κ2) is 7.36. The monoisotopic (exact) mass is 277 g/mol. The van der Waals surface area contributed by atoms with E-state index in [2.05, 4.69) is 12.1 Å². The van der Waals surface area contributed by atoms with Gasteiger partial charge in [0.15, 0.2) is 0 Å². The fourth-order valence-corrected chi connectivity index (χ4v) is 3.52. The quantitative estimate of drug-likeness (QED) is 0.641. The molecule has 0 heterocycles. The first-order valence-corrected chi connectivity index (χ1v) is 7.63. The minimum atomic E-state index is -0.332. The molecule has 0 radical (unpaired) electrons. The molecule has 1 aliphatic rings. The summed E-state index contributed by atoms with van der Waals surface area (Å²) < 4.78 is 0. The molecule has 19 heavy (non-hydrogen) atoms. The van der Waals surface area contributed by atoms with E-state index in [-0.39, 0.29) is 5.91 Å². The lowest BCUT2D eigenvalue weighted by Crippen LogP contribution is -2.23. The topological polar surface area (TPSA) is 49.3 Å². The maximum Gasteiger partial charge on any atom is 0.271 e. The molecule has 4 heteroatoms.